The Balaban J connectivity index is 2.51. The van der Waals surface area contributed by atoms with Crippen LogP contribution in [0.4, 0.5) is 4.39 Å². The molecule has 1 heterocycles. The van der Waals surface area contributed by atoms with E-state index in [9.17, 15) is 9.18 Å². The van der Waals surface area contributed by atoms with E-state index in [1.54, 1.807) is 12.1 Å². The molecule has 2 atom stereocenters. The van der Waals surface area contributed by atoms with E-state index in [0.29, 0.717) is 12.1 Å². The molecule has 0 saturated carbocycles. The maximum absolute atomic E-state index is 13.4. The van der Waals surface area contributed by atoms with Crippen LogP contribution >= 0.6 is 15.9 Å². The lowest BCUT2D eigenvalue weighted by Gasteiger charge is -2.26. The molecule has 0 saturated heterocycles. The summed E-state index contributed by atoms with van der Waals surface area (Å²) in [5.41, 5.74) is 1.38. The number of rotatable bonds is 1. The Labute approximate surface area is 96.0 Å². The highest BCUT2D eigenvalue weighted by Crippen LogP contribution is 2.30. The second-order valence-electron chi connectivity index (χ2n) is 3.73. The summed E-state index contributed by atoms with van der Waals surface area (Å²) in [4.78, 5) is 11.5. The molecular formula is C11H11BrFNO. The van der Waals surface area contributed by atoms with Gasteiger partial charge < -0.3 is 5.32 Å². The van der Waals surface area contributed by atoms with Crippen molar-refractivity contribution in [3.05, 3.63) is 33.8 Å². The summed E-state index contributed by atoms with van der Waals surface area (Å²) < 4.78 is 14.2. The van der Waals surface area contributed by atoms with E-state index in [0.717, 1.165) is 10.0 Å². The van der Waals surface area contributed by atoms with Gasteiger partial charge in [-0.15, -0.1) is 0 Å². The summed E-state index contributed by atoms with van der Waals surface area (Å²) in [6.45, 7) is 1.90. The summed E-state index contributed by atoms with van der Waals surface area (Å²) in [6.07, 6.45) is -0.960. The molecule has 0 spiro atoms. The summed E-state index contributed by atoms with van der Waals surface area (Å²) >= 11 is 3.33. The first-order valence-corrected chi connectivity index (χ1v) is 5.60. The summed E-state index contributed by atoms with van der Waals surface area (Å²) in [5, 5.41) is 2.69. The minimum absolute atomic E-state index is 0.116. The molecule has 2 rings (SSSR count). The van der Waals surface area contributed by atoms with Crippen molar-refractivity contribution in [2.45, 2.75) is 19.0 Å². The zero-order chi connectivity index (χ0) is 11.0. The minimum Gasteiger partial charge on any atom is -0.351 e. The van der Waals surface area contributed by atoms with Crippen molar-refractivity contribution in [3.63, 3.8) is 0 Å². The van der Waals surface area contributed by atoms with Gasteiger partial charge in [0, 0.05) is 22.5 Å². The van der Waals surface area contributed by atoms with Crippen molar-refractivity contribution >= 4 is 21.8 Å². The molecule has 15 heavy (non-hydrogen) atoms. The van der Waals surface area contributed by atoms with Crippen molar-refractivity contribution in [1.29, 1.82) is 0 Å². The Hall–Kier alpha value is -0.900. The fourth-order valence-electron chi connectivity index (χ4n) is 1.86. The van der Waals surface area contributed by atoms with Crippen LogP contribution in [0.15, 0.2) is 22.7 Å². The SMILES string of the molecule is C[C@H](F)[C@@H]1CNC(=O)c2ccc(Br)cc21. The molecule has 1 aliphatic rings. The summed E-state index contributed by atoms with van der Waals surface area (Å²) in [6, 6.07) is 5.35. The third kappa shape index (κ3) is 1.91. The molecule has 0 unspecified atom stereocenters. The van der Waals surface area contributed by atoms with Gasteiger partial charge in [-0.25, -0.2) is 4.39 Å². The molecule has 1 N–H and O–H groups in total. The van der Waals surface area contributed by atoms with E-state index in [4.69, 9.17) is 0 Å². The van der Waals surface area contributed by atoms with Crippen LogP contribution in [0.5, 0.6) is 0 Å². The number of amides is 1. The zero-order valence-corrected chi connectivity index (χ0v) is 9.84. The van der Waals surface area contributed by atoms with Gasteiger partial charge in [-0.3, -0.25) is 4.79 Å². The molecule has 1 amide bonds. The molecule has 0 fully saturated rings. The Morgan fingerprint density at radius 2 is 2.33 bits per heavy atom. The number of carbonyl (C=O) groups excluding carboxylic acids is 1. The Morgan fingerprint density at radius 3 is 3.00 bits per heavy atom. The van der Waals surface area contributed by atoms with Gasteiger partial charge in [0.25, 0.3) is 5.91 Å². The summed E-state index contributed by atoms with van der Waals surface area (Å²) in [7, 11) is 0. The number of hydrogen-bond donors (Lipinski definition) is 1. The lowest BCUT2D eigenvalue weighted by atomic mass is 9.88. The Morgan fingerprint density at radius 1 is 1.60 bits per heavy atom. The van der Waals surface area contributed by atoms with Crippen molar-refractivity contribution in [2.75, 3.05) is 6.54 Å². The average Bonchev–Trinajstić information content (AvgIpc) is 2.17. The van der Waals surface area contributed by atoms with E-state index in [2.05, 4.69) is 21.2 Å². The molecule has 1 aliphatic heterocycles. The third-order valence-electron chi connectivity index (χ3n) is 2.69. The van der Waals surface area contributed by atoms with Crippen LogP contribution in [-0.4, -0.2) is 18.6 Å². The van der Waals surface area contributed by atoms with Crippen molar-refractivity contribution in [2.24, 2.45) is 0 Å². The first kappa shape index (κ1) is 10.6. The second kappa shape index (κ2) is 3.93. The van der Waals surface area contributed by atoms with E-state index < -0.39 is 6.17 Å². The predicted molar refractivity (Wildman–Crippen MR) is 59.8 cm³/mol. The molecule has 80 valence electrons. The molecule has 1 aromatic rings. The lowest BCUT2D eigenvalue weighted by molar-refractivity contribution is 0.0932. The monoisotopic (exact) mass is 271 g/mol. The number of nitrogens with one attached hydrogen (secondary N) is 1. The normalized spacial score (nSPS) is 21.8. The van der Waals surface area contributed by atoms with Crippen LogP contribution in [0.2, 0.25) is 0 Å². The Kier molecular flexibility index (Phi) is 2.78. The predicted octanol–water partition coefficient (Wildman–Crippen LogP) is 2.63. The van der Waals surface area contributed by atoms with Crippen LogP contribution in [0.1, 0.15) is 28.8 Å². The largest absolute Gasteiger partial charge is 0.351 e. The van der Waals surface area contributed by atoms with Crippen LogP contribution in [-0.2, 0) is 0 Å². The standard InChI is InChI=1S/C11H11BrFNO/c1-6(13)10-5-14-11(15)8-3-2-7(12)4-9(8)10/h2-4,6,10H,5H2,1H3,(H,14,15)/t6-,10-/m0/s1. The molecule has 0 bridgehead atoms. The maximum Gasteiger partial charge on any atom is 0.251 e. The second-order valence-corrected chi connectivity index (χ2v) is 4.64. The number of carbonyl (C=O) groups is 1. The molecular weight excluding hydrogens is 261 g/mol. The van der Waals surface area contributed by atoms with Crippen LogP contribution in [0.25, 0.3) is 0 Å². The van der Waals surface area contributed by atoms with Crippen molar-refractivity contribution < 1.29 is 9.18 Å². The molecule has 1 aromatic carbocycles. The van der Waals surface area contributed by atoms with Crippen LogP contribution < -0.4 is 5.32 Å². The van der Waals surface area contributed by atoms with Gasteiger partial charge in [-0.1, -0.05) is 15.9 Å². The van der Waals surface area contributed by atoms with E-state index in [1.165, 1.54) is 6.92 Å². The first-order chi connectivity index (χ1) is 7.09. The van der Waals surface area contributed by atoms with Gasteiger partial charge in [-0.2, -0.15) is 0 Å². The quantitative estimate of drug-likeness (QED) is 0.836. The Bertz CT molecular complexity index is 406. The highest BCUT2D eigenvalue weighted by molar-refractivity contribution is 9.10. The van der Waals surface area contributed by atoms with Crippen LogP contribution in [0, 0.1) is 0 Å². The van der Waals surface area contributed by atoms with E-state index >= 15 is 0 Å². The number of halogens is 2. The van der Waals surface area contributed by atoms with Crippen molar-refractivity contribution in [3.8, 4) is 0 Å². The van der Waals surface area contributed by atoms with E-state index in [-0.39, 0.29) is 11.8 Å². The van der Waals surface area contributed by atoms with Gasteiger partial charge in [0.2, 0.25) is 0 Å². The number of alkyl halides is 1. The van der Waals surface area contributed by atoms with Gasteiger partial charge in [0.05, 0.1) is 0 Å². The van der Waals surface area contributed by atoms with Gasteiger partial charge in [0.15, 0.2) is 0 Å². The fraction of sp³-hybridized carbons (Fsp3) is 0.364. The molecule has 2 nitrogen and oxygen atoms in total. The van der Waals surface area contributed by atoms with Crippen molar-refractivity contribution in [1.82, 2.24) is 5.32 Å². The zero-order valence-electron chi connectivity index (χ0n) is 8.26. The molecule has 0 aromatic heterocycles. The number of benzene rings is 1. The van der Waals surface area contributed by atoms with Gasteiger partial charge >= 0.3 is 0 Å². The highest BCUT2D eigenvalue weighted by Gasteiger charge is 2.29. The number of hydrogen-bond acceptors (Lipinski definition) is 1. The molecule has 4 heteroatoms. The summed E-state index contributed by atoms with van der Waals surface area (Å²) in [5.74, 6) is -0.357. The lowest BCUT2D eigenvalue weighted by Crippen LogP contribution is -2.37. The van der Waals surface area contributed by atoms with Crippen LogP contribution in [0.3, 0.4) is 0 Å². The smallest absolute Gasteiger partial charge is 0.251 e. The topological polar surface area (TPSA) is 29.1 Å². The molecule has 0 aliphatic carbocycles. The molecule has 0 radical (unpaired) electrons. The third-order valence-corrected chi connectivity index (χ3v) is 3.19. The first-order valence-electron chi connectivity index (χ1n) is 4.81. The average molecular weight is 272 g/mol. The van der Waals surface area contributed by atoms with Gasteiger partial charge in [0.1, 0.15) is 6.17 Å². The van der Waals surface area contributed by atoms with E-state index in [1.807, 2.05) is 6.07 Å². The minimum atomic E-state index is -0.960. The highest BCUT2D eigenvalue weighted by atomic mass is 79.9. The number of fused-ring (bicyclic) bond motifs is 1. The fourth-order valence-corrected chi connectivity index (χ4v) is 2.24. The van der Waals surface area contributed by atoms with Gasteiger partial charge in [-0.05, 0) is 30.7 Å². The maximum atomic E-state index is 13.4.